The molecule has 1 amide bonds. The molecule has 0 fully saturated rings. The van der Waals surface area contributed by atoms with Crippen LogP contribution in [0.1, 0.15) is 17.5 Å². The molecule has 1 aliphatic rings. The highest BCUT2D eigenvalue weighted by molar-refractivity contribution is 7.92. The third kappa shape index (κ3) is 5.63. The Hall–Kier alpha value is -3.41. The van der Waals surface area contributed by atoms with Crippen molar-refractivity contribution in [2.75, 3.05) is 36.9 Å². The van der Waals surface area contributed by atoms with E-state index in [-0.39, 0.29) is 16.4 Å². The standard InChI is InChI=1S/C26H29N3O6S2/c1-19-10-13-23(36(31,32)28(2)3)17-24(19)27-26(30)18-35-21-11-14-22(15-12-21)37(33,34)29-16-6-8-20-7-4-5-9-25(20)29/h4-5,7,9-15,17H,6,8,16,18H2,1-3H3,(H,27,30). The predicted octanol–water partition coefficient (Wildman–Crippen LogP) is 3.40. The number of amides is 1. The minimum absolute atomic E-state index is 0.0624. The molecule has 0 atom stereocenters. The Bertz CT molecular complexity index is 1520. The lowest BCUT2D eigenvalue weighted by atomic mass is 10.0. The molecule has 0 aliphatic carbocycles. The van der Waals surface area contributed by atoms with E-state index in [0.717, 1.165) is 22.7 Å². The Morgan fingerprint density at radius 3 is 2.35 bits per heavy atom. The van der Waals surface area contributed by atoms with Crippen molar-refractivity contribution >= 4 is 37.3 Å². The second-order valence-corrected chi connectivity index (χ2v) is 12.9. The Labute approximate surface area is 217 Å². The van der Waals surface area contributed by atoms with Gasteiger partial charge in [-0.2, -0.15) is 0 Å². The average Bonchev–Trinajstić information content (AvgIpc) is 2.88. The number of hydrogen-bond donors (Lipinski definition) is 1. The molecule has 3 aromatic carbocycles. The van der Waals surface area contributed by atoms with Gasteiger partial charge in [-0.3, -0.25) is 9.10 Å². The average molecular weight is 544 g/mol. The zero-order valence-corrected chi connectivity index (χ0v) is 22.5. The van der Waals surface area contributed by atoms with Gasteiger partial charge in [-0.25, -0.2) is 21.1 Å². The van der Waals surface area contributed by atoms with Gasteiger partial charge in [0.15, 0.2) is 6.61 Å². The molecule has 1 N–H and O–H groups in total. The van der Waals surface area contributed by atoms with Crippen molar-refractivity contribution in [1.82, 2.24) is 4.31 Å². The van der Waals surface area contributed by atoms with Gasteiger partial charge < -0.3 is 10.1 Å². The van der Waals surface area contributed by atoms with Crippen LogP contribution < -0.4 is 14.4 Å². The van der Waals surface area contributed by atoms with E-state index in [2.05, 4.69) is 5.32 Å². The summed E-state index contributed by atoms with van der Waals surface area (Å²) in [6.45, 7) is 1.83. The molecule has 11 heteroatoms. The predicted molar refractivity (Wildman–Crippen MR) is 142 cm³/mol. The van der Waals surface area contributed by atoms with Gasteiger partial charge in [-0.15, -0.1) is 0 Å². The highest BCUT2D eigenvalue weighted by Gasteiger charge is 2.28. The van der Waals surface area contributed by atoms with Gasteiger partial charge in [0.2, 0.25) is 10.0 Å². The zero-order chi connectivity index (χ0) is 26.8. The number of rotatable bonds is 8. The Morgan fingerprint density at radius 2 is 1.65 bits per heavy atom. The lowest BCUT2D eigenvalue weighted by molar-refractivity contribution is -0.118. The minimum atomic E-state index is -3.75. The molecule has 0 saturated heterocycles. The number of ether oxygens (including phenoxy) is 1. The van der Waals surface area contributed by atoms with Crippen molar-refractivity contribution in [1.29, 1.82) is 0 Å². The molecule has 0 radical (unpaired) electrons. The van der Waals surface area contributed by atoms with E-state index in [1.54, 1.807) is 13.0 Å². The Balaban J connectivity index is 1.42. The van der Waals surface area contributed by atoms with E-state index < -0.39 is 26.0 Å². The molecule has 0 bridgehead atoms. The first-order valence-corrected chi connectivity index (χ1v) is 14.5. The molecule has 9 nitrogen and oxygen atoms in total. The molecule has 4 rings (SSSR count). The third-order valence-electron chi connectivity index (χ3n) is 6.11. The summed E-state index contributed by atoms with van der Waals surface area (Å²) in [6, 6.07) is 17.9. The van der Waals surface area contributed by atoms with Gasteiger partial charge in [-0.05, 0) is 73.4 Å². The fourth-order valence-corrected chi connectivity index (χ4v) is 6.50. The SMILES string of the molecule is Cc1ccc(S(=O)(=O)N(C)C)cc1NC(=O)COc1ccc(S(=O)(=O)N2CCCc3ccccc32)cc1. The highest BCUT2D eigenvalue weighted by Crippen LogP contribution is 2.32. The fraction of sp³-hybridized carbons (Fsp3) is 0.269. The van der Waals surface area contributed by atoms with E-state index in [0.29, 0.717) is 29.2 Å². The summed E-state index contributed by atoms with van der Waals surface area (Å²) in [5.74, 6) is -0.155. The molecule has 0 spiro atoms. The number of carbonyl (C=O) groups excluding carboxylic acids is 1. The first-order valence-electron chi connectivity index (χ1n) is 11.7. The highest BCUT2D eigenvalue weighted by atomic mass is 32.2. The summed E-state index contributed by atoms with van der Waals surface area (Å²) in [7, 11) is -4.53. The van der Waals surface area contributed by atoms with Crippen LogP contribution in [-0.2, 0) is 31.3 Å². The molecule has 196 valence electrons. The maximum absolute atomic E-state index is 13.3. The summed E-state index contributed by atoms with van der Waals surface area (Å²) in [5.41, 5.74) is 2.76. The summed E-state index contributed by atoms with van der Waals surface area (Å²) >= 11 is 0. The van der Waals surface area contributed by atoms with Crippen molar-refractivity contribution in [2.24, 2.45) is 0 Å². The maximum atomic E-state index is 13.3. The smallest absolute Gasteiger partial charge is 0.264 e. The van der Waals surface area contributed by atoms with Gasteiger partial charge >= 0.3 is 0 Å². The third-order valence-corrected chi connectivity index (χ3v) is 9.75. The van der Waals surface area contributed by atoms with E-state index in [9.17, 15) is 21.6 Å². The zero-order valence-electron chi connectivity index (χ0n) is 20.8. The number of para-hydroxylation sites is 1. The normalized spacial score (nSPS) is 13.8. The van der Waals surface area contributed by atoms with Gasteiger partial charge in [0.05, 0.1) is 15.5 Å². The van der Waals surface area contributed by atoms with Crippen LogP contribution in [0.3, 0.4) is 0 Å². The van der Waals surface area contributed by atoms with Crippen molar-refractivity contribution in [2.45, 2.75) is 29.6 Å². The number of anilines is 2. The van der Waals surface area contributed by atoms with Crippen molar-refractivity contribution < 1.29 is 26.4 Å². The molecule has 1 heterocycles. The topological polar surface area (TPSA) is 113 Å². The summed E-state index contributed by atoms with van der Waals surface area (Å²) in [4.78, 5) is 12.7. The van der Waals surface area contributed by atoms with Crippen LogP contribution in [0.15, 0.2) is 76.5 Å². The molecule has 1 aliphatic heterocycles. The van der Waals surface area contributed by atoms with Crippen LogP contribution in [0.5, 0.6) is 5.75 Å². The largest absolute Gasteiger partial charge is 0.484 e. The molecule has 0 aromatic heterocycles. The van der Waals surface area contributed by atoms with Crippen LogP contribution >= 0.6 is 0 Å². The Morgan fingerprint density at radius 1 is 0.973 bits per heavy atom. The monoisotopic (exact) mass is 543 g/mol. The second-order valence-electron chi connectivity index (χ2n) is 8.88. The molecule has 0 unspecified atom stereocenters. The van der Waals surface area contributed by atoms with E-state index in [4.69, 9.17) is 4.74 Å². The van der Waals surface area contributed by atoms with Gasteiger partial charge in [0, 0.05) is 26.3 Å². The van der Waals surface area contributed by atoms with Crippen LogP contribution in [-0.4, -0.2) is 54.3 Å². The summed E-state index contributed by atoms with van der Waals surface area (Å²) in [6.07, 6.45) is 1.59. The number of fused-ring (bicyclic) bond motifs is 1. The minimum Gasteiger partial charge on any atom is -0.484 e. The van der Waals surface area contributed by atoms with Crippen LogP contribution in [0.2, 0.25) is 0 Å². The number of nitrogens with one attached hydrogen (secondary N) is 1. The van der Waals surface area contributed by atoms with Crippen molar-refractivity contribution in [3.63, 3.8) is 0 Å². The molecule has 0 saturated carbocycles. The number of hydrogen-bond acceptors (Lipinski definition) is 6. The molecular formula is C26H29N3O6S2. The summed E-state index contributed by atoms with van der Waals surface area (Å²) < 4.78 is 59.4. The number of sulfonamides is 2. The first kappa shape index (κ1) is 26.6. The van der Waals surface area contributed by atoms with E-state index in [1.165, 1.54) is 54.8 Å². The number of aryl methyl sites for hydroxylation is 2. The van der Waals surface area contributed by atoms with Crippen LogP contribution in [0.25, 0.3) is 0 Å². The van der Waals surface area contributed by atoms with Gasteiger partial charge in [0.1, 0.15) is 5.75 Å². The van der Waals surface area contributed by atoms with Crippen LogP contribution in [0, 0.1) is 6.92 Å². The van der Waals surface area contributed by atoms with E-state index in [1.807, 2.05) is 24.3 Å². The number of nitrogens with zero attached hydrogens (tertiary/aromatic N) is 2. The van der Waals surface area contributed by atoms with Crippen molar-refractivity contribution in [3.8, 4) is 5.75 Å². The molecule has 37 heavy (non-hydrogen) atoms. The van der Waals surface area contributed by atoms with Crippen LogP contribution in [0.4, 0.5) is 11.4 Å². The second kappa shape index (κ2) is 10.5. The van der Waals surface area contributed by atoms with Crippen molar-refractivity contribution in [3.05, 3.63) is 77.9 Å². The summed E-state index contributed by atoms with van der Waals surface area (Å²) in [5, 5.41) is 2.67. The molecular weight excluding hydrogens is 514 g/mol. The first-order chi connectivity index (χ1) is 17.5. The lowest BCUT2D eigenvalue weighted by Crippen LogP contribution is -2.35. The maximum Gasteiger partial charge on any atom is 0.264 e. The fourth-order valence-electron chi connectivity index (χ4n) is 4.03. The lowest BCUT2D eigenvalue weighted by Gasteiger charge is -2.30. The number of carbonyl (C=O) groups is 1. The van der Waals surface area contributed by atoms with Gasteiger partial charge in [-0.1, -0.05) is 24.3 Å². The quantitative estimate of drug-likeness (QED) is 0.466. The van der Waals surface area contributed by atoms with Gasteiger partial charge in [0.25, 0.3) is 15.9 Å². The van der Waals surface area contributed by atoms with E-state index >= 15 is 0 Å². The Kier molecular flexibility index (Phi) is 7.58. The molecule has 3 aromatic rings. The number of benzene rings is 3.